The second-order valence-corrected chi connectivity index (χ2v) is 2.91. The number of hydrogen-bond donors (Lipinski definition) is 0. The maximum Gasteiger partial charge on any atom is 0.413 e. The second-order valence-electron chi connectivity index (χ2n) is 2.91. The van der Waals surface area contributed by atoms with Crippen molar-refractivity contribution in [2.75, 3.05) is 0 Å². The molecule has 0 bridgehead atoms. The normalized spacial score (nSPS) is 20.6. The molecule has 1 rings (SSSR count). The standard InChI is InChI=1S/C10H11F3/c1-2-4-8-5-3-6-9(7-8)10(11,12)13/h3-6H,2,7H2,1H3. The third-order valence-corrected chi connectivity index (χ3v) is 1.83. The average molecular weight is 188 g/mol. The second kappa shape index (κ2) is 3.81. The van der Waals surface area contributed by atoms with E-state index < -0.39 is 11.7 Å². The molecule has 0 aromatic rings. The molecule has 13 heavy (non-hydrogen) atoms. The van der Waals surface area contributed by atoms with Crippen LogP contribution in [0.3, 0.4) is 0 Å². The monoisotopic (exact) mass is 188 g/mol. The number of alkyl halides is 3. The molecule has 0 nitrogen and oxygen atoms in total. The molecule has 0 aliphatic heterocycles. The number of rotatable bonds is 1. The van der Waals surface area contributed by atoms with Gasteiger partial charge in [0, 0.05) is 12.0 Å². The Morgan fingerprint density at radius 1 is 1.46 bits per heavy atom. The van der Waals surface area contributed by atoms with Crippen LogP contribution in [0.4, 0.5) is 13.2 Å². The summed E-state index contributed by atoms with van der Waals surface area (Å²) in [5.41, 5.74) is 0.284. The third-order valence-electron chi connectivity index (χ3n) is 1.83. The first-order valence-electron chi connectivity index (χ1n) is 4.17. The minimum absolute atomic E-state index is 0.00778. The first-order chi connectivity index (χ1) is 6.04. The number of allylic oxidation sites excluding steroid dienone is 6. The first kappa shape index (κ1) is 10.1. The van der Waals surface area contributed by atoms with E-state index in [1.54, 1.807) is 6.08 Å². The Balaban J connectivity index is 2.78. The molecule has 0 radical (unpaired) electrons. The fourth-order valence-corrected chi connectivity index (χ4v) is 1.22. The van der Waals surface area contributed by atoms with Crippen molar-refractivity contribution in [3.8, 4) is 0 Å². The summed E-state index contributed by atoms with van der Waals surface area (Å²) < 4.78 is 36.7. The van der Waals surface area contributed by atoms with Crippen LogP contribution in [-0.2, 0) is 0 Å². The predicted octanol–water partition coefficient (Wildman–Crippen LogP) is 3.77. The lowest BCUT2D eigenvalue weighted by molar-refractivity contribution is -0.0931. The predicted molar refractivity (Wildman–Crippen MR) is 46.3 cm³/mol. The van der Waals surface area contributed by atoms with E-state index in [0.717, 1.165) is 18.1 Å². The SMILES string of the molecule is CCC=C1C=CC=C(C(F)(F)F)C1. The summed E-state index contributed by atoms with van der Waals surface area (Å²) in [5, 5.41) is 0. The van der Waals surface area contributed by atoms with Gasteiger partial charge >= 0.3 is 6.18 Å². The minimum atomic E-state index is -4.18. The van der Waals surface area contributed by atoms with Crippen molar-refractivity contribution in [1.82, 2.24) is 0 Å². The Morgan fingerprint density at radius 3 is 2.69 bits per heavy atom. The van der Waals surface area contributed by atoms with E-state index in [4.69, 9.17) is 0 Å². The fourth-order valence-electron chi connectivity index (χ4n) is 1.22. The van der Waals surface area contributed by atoms with Gasteiger partial charge in [0.05, 0.1) is 0 Å². The van der Waals surface area contributed by atoms with Crippen molar-refractivity contribution in [2.24, 2.45) is 0 Å². The summed E-state index contributed by atoms with van der Waals surface area (Å²) >= 11 is 0. The van der Waals surface area contributed by atoms with Crippen molar-refractivity contribution in [3.05, 3.63) is 35.5 Å². The molecule has 0 N–H and O–H groups in total. The van der Waals surface area contributed by atoms with Gasteiger partial charge in [-0.25, -0.2) is 0 Å². The number of halogens is 3. The Bertz CT molecular complexity index is 266. The quantitative estimate of drug-likeness (QED) is 0.587. The molecule has 1 aliphatic rings. The molecule has 0 fully saturated rings. The van der Waals surface area contributed by atoms with E-state index >= 15 is 0 Å². The van der Waals surface area contributed by atoms with Crippen LogP contribution in [0.15, 0.2) is 35.5 Å². The molecule has 0 saturated heterocycles. The molecule has 0 unspecified atom stereocenters. The van der Waals surface area contributed by atoms with E-state index in [0.29, 0.717) is 0 Å². The maximum atomic E-state index is 12.2. The zero-order valence-corrected chi connectivity index (χ0v) is 7.36. The molecule has 72 valence electrons. The van der Waals surface area contributed by atoms with Crippen LogP contribution < -0.4 is 0 Å². The minimum Gasteiger partial charge on any atom is -0.166 e. The van der Waals surface area contributed by atoms with Gasteiger partial charge in [-0.05, 0) is 12.0 Å². The summed E-state index contributed by atoms with van der Waals surface area (Å²) in [4.78, 5) is 0. The highest BCUT2D eigenvalue weighted by molar-refractivity contribution is 5.36. The Labute approximate surface area is 75.4 Å². The Morgan fingerprint density at radius 2 is 2.15 bits per heavy atom. The molecule has 0 saturated carbocycles. The van der Waals surface area contributed by atoms with Gasteiger partial charge in [0.2, 0.25) is 0 Å². The summed E-state index contributed by atoms with van der Waals surface area (Å²) in [6, 6.07) is 0. The molecule has 3 heteroatoms. The molecule has 0 amide bonds. The lowest BCUT2D eigenvalue weighted by atomic mass is 9.99. The van der Waals surface area contributed by atoms with Crippen LogP contribution in [0.5, 0.6) is 0 Å². The first-order valence-corrected chi connectivity index (χ1v) is 4.17. The van der Waals surface area contributed by atoms with E-state index in [1.807, 2.05) is 13.0 Å². The maximum absolute atomic E-state index is 12.2. The molecule has 1 aliphatic carbocycles. The van der Waals surface area contributed by atoms with Crippen LogP contribution in [0.2, 0.25) is 0 Å². The van der Waals surface area contributed by atoms with Crippen molar-refractivity contribution < 1.29 is 13.2 Å². The van der Waals surface area contributed by atoms with Gasteiger partial charge < -0.3 is 0 Å². The van der Waals surface area contributed by atoms with Gasteiger partial charge in [-0.2, -0.15) is 13.2 Å². The highest BCUT2D eigenvalue weighted by atomic mass is 19.4. The van der Waals surface area contributed by atoms with Crippen LogP contribution in [0, 0.1) is 0 Å². The smallest absolute Gasteiger partial charge is 0.166 e. The zero-order valence-electron chi connectivity index (χ0n) is 7.36. The number of hydrogen-bond acceptors (Lipinski definition) is 0. The van der Waals surface area contributed by atoms with Crippen molar-refractivity contribution in [3.63, 3.8) is 0 Å². The molecule has 0 aromatic heterocycles. The highest BCUT2D eigenvalue weighted by Gasteiger charge is 2.33. The molecule has 0 spiro atoms. The molecular formula is C10H11F3. The topological polar surface area (TPSA) is 0 Å². The largest absolute Gasteiger partial charge is 0.413 e. The van der Waals surface area contributed by atoms with Crippen LogP contribution in [0.1, 0.15) is 19.8 Å². The lowest BCUT2D eigenvalue weighted by Crippen LogP contribution is -2.13. The van der Waals surface area contributed by atoms with Gasteiger partial charge in [0.15, 0.2) is 0 Å². The van der Waals surface area contributed by atoms with E-state index in [2.05, 4.69) is 0 Å². The van der Waals surface area contributed by atoms with Gasteiger partial charge in [0.25, 0.3) is 0 Å². The third kappa shape index (κ3) is 2.76. The highest BCUT2D eigenvalue weighted by Crippen LogP contribution is 2.32. The van der Waals surface area contributed by atoms with E-state index in [1.165, 1.54) is 6.08 Å². The fraction of sp³-hybridized carbons (Fsp3) is 0.400. The lowest BCUT2D eigenvalue weighted by Gasteiger charge is -2.14. The van der Waals surface area contributed by atoms with Crippen molar-refractivity contribution in [2.45, 2.75) is 25.9 Å². The average Bonchev–Trinajstić information content (AvgIpc) is 2.04. The zero-order chi connectivity index (χ0) is 9.90. The van der Waals surface area contributed by atoms with E-state index in [-0.39, 0.29) is 6.42 Å². The summed E-state index contributed by atoms with van der Waals surface area (Å²) in [6.07, 6.45) is 2.71. The Hall–Kier alpha value is -0.990. The summed E-state index contributed by atoms with van der Waals surface area (Å²) in [6.45, 7) is 1.91. The van der Waals surface area contributed by atoms with Gasteiger partial charge in [-0.1, -0.05) is 31.2 Å². The van der Waals surface area contributed by atoms with Crippen LogP contribution in [0.25, 0.3) is 0 Å². The summed E-state index contributed by atoms with van der Waals surface area (Å²) in [7, 11) is 0. The van der Waals surface area contributed by atoms with Gasteiger partial charge in [-0.15, -0.1) is 0 Å². The van der Waals surface area contributed by atoms with Crippen molar-refractivity contribution >= 4 is 0 Å². The van der Waals surface area contributed by atoms with Crippen molar-refractivity contribution in [1.29, 1.82) is 0 Å². The Kier molecular flexibility index (Phi) is 2.96. The van der Waals surface area contributed by atoms with E-state index in [9.17, 15) is 13.2 Å². The van der Waals surface area contributed by atoms with Gasteiger partial charge in [-0.3, -0.25) is 0 Å². The summed E-state index contributed by atoms with van der Waals surface area (Å²) in [5.74, 6) is 0. The molecule has 0 atom stereocenters. The van der Waals surface area contributed by atoms with Crippen LogP contribution in [-0.4, -0.2) is 6.18 Å². The molecular weight excluding hydrogens is 177 g/mol. The van der Waals surface area contributed by atoms with Crippen LogP contribution >= 0.6 is 0 Å². The molecule has 0 aromatic carbocycles. The molecule has 0 heterocycles. The van der Waals surface area contributed by atoms with Gasteiger partial charge in [0.1, 0.15) is 0 Å².